The Balaban J connectivity index is 1.28. The molecular formula is C23H31N3O7. The topological polar surface area (TPSA) is 121 Å². The van der Waals surface area contributed by atoms with E-state index in [1.807, 2.05) is 23.1 Å². The fraction of sp³-hybridized carbons (Fsp3) is 0.565. The molecule has 33 heavy (non-hydrogen) atoms. The minimum Gasteiger partial charge on any atom is -0.493 e. The zero-order valence-corrected chi connectivity index (χ0v) is 18.7. The highest BCUT2D eigenvalue weighted by Crippen LogP contribution is 2.33. The van der Waals surface area contributed by atoms with Crippen LogP contribution in [0.15, 0.2) is 30.5 Å². The Hall–Kier alpha value is -2.82. The number of benzene rings is 1. The Morgan fingerprint density at radius 1 is 1.30 bits per heavy atom. The summed E-state index contributed by atoms with van der Waals surface area (Å²) in [6, 6.07) is 5.62. The van der Waals surface area contributed by atoms with Crippen molar-refractivity contribution in [3.63, 3.8) is 0 Å². The summed E-state index contributed by atoms with van der Waals surface area (Å²) in [5, 5.41) is 23.0. The number of carboxylic acids is 1. The van der Waals surface area contributed by atoms with Gasteiger partial charge in [-0.2, -0.15) is 0 Å². The van der Waals surface area contributed by atoms with E-state index in [0.29, 0.717) is 63.6 Å². The Morgan fingerprint density at radius 2 is 2.09 bits per heavy atom. The van der Waals surface area contributed by atoms with Crippen molar-refractivity contribution in [3.8, 4) is 11.5 Å². The van der Waals surface area contributed by atoms with Gasteiger partial charge in [0.15, 0.2) is 11.5 Å². The quantitative estimate of drug-likeness (QED) is 0.479. The molecule has 1 amide bonds. The second-order valence-electron chi connectivity index (χ2n) is 8.65. The summed E-state index contributed by atoms with van der Waals surface area (Å²) in [5.41, 5.74) is -0.319. The molecular weight excluding hydrogens is 430 g/mol. The van der Waals surface area contributed by atoms with E-state index in [1.54, 1.807) is 13.2 Å². The molecule has 3 aliphatic rings. The highest BCUT2D eigenvalue weighted by Gasteiger charge is 2.48. The lowest BCUT2D eigenvalue weighted by molar-refractivity contribution is -0.184. The number of carbonyl (C=O) groups is 2. The Kier molecular flexibility index (Phi) is 7.06. The first-order valence-corrected chi connectivity index (χ1v) is 11.2. The van der Waals surface area contributed by atoms with Crippen molar-refractivity contribution in [1.29, 1.82) is 0 Å². The van der Waals surface area contributed by atoms with Gasteiger partial charge in [-0.25, -0.2) is 4.79 Å². The van der Waals surface area contributed by atoms with Gasteiger partial charge in [0.05, 0.1) is 13.4 Å². The van der Waals surface area contributed by atoms with Crippen LogP contribution in [0.4, 0.5) is 0 Å². The maximum absolute atomic E-state index is 11.8. The molecule has 0 saturated carbocycles. The van der Waals surface area contributed by atoms with Crippen LogP contribution in [0.2, 0.25) is 0 Å². The van der Waals surface area contributed by atoms with Crippen molar-refractivity contribution in [2.75, 3.05) is 53.0 Å². The minimum atomic E-state index is -1.31. The third-order valence-corrected chi connectivity index (χ3v) is 6.51. The monoisotopic (exact) mass is 461 g/mol. The number of ether oxygens (including phenoxy) is 3. The largest absolute Gasteiger partial charge is 0.493 e. The first-order valence-electron chi connectivity index (χ1n) is 11.2. The van der Waals surface area contributed by atoms with Gasteiger partial charge in [-0.3, -0.25) is 14.6 Å². The van der Waals surface area contributed by atoms with Crippen molar-refractivity contribution in [2.24, 2.45) is 0 Å². The lowest BCUT2D eigenvalue weighted by Crippen LogP contribution is -2.61. The van der Waals surface area contributed by atoms with E-state index >= 15 is 0 Å². The molecule has 0 aromatic heterocycles. The second-order valence-corrected chi connectivity index (χ2v) is 8.65. The summed E-state index contributed by atoms with van der Waals surface area (Å²) in [7, 11) is 1.56. The smallest absolute Gasteiger partial charge is 0.364 e. The third kappa shape index (κ3) is 5.07. The van der Waals surface area contributed by atoms with Crippen molar-refractivity contribution in [2.45, 2.75) is 30.6 Å². The molecule has 0 aliphatic carbocycles. The highest BCUT2D eigenvalue weighted by molar-refractivity contribution is 5.79. The molecule has 10 nitrogen and oxygen atoms in total. The number of methoxy groups -OCH3 is 1. The first kappa shape index (κ1) is 23.3. The average molecular weight is 462 g/mol. The normalized spacial score (nSPS) is 26.6. The fourth-order valence-corrected chi connectivity index (χ4v) is 4.62. The van der Waals surface area contributed by atoms with Crippen LogP contribution in [0.3, 0.4) is 0 Å². The molecule has 3 N–H and O–H groups in total. The summed E-state index contributed by atoms with van der Waals surface area (Å²) < 4.78 is 16.7. The van der Waals surface area contributed by atoms with E-state index in [1.165, 1.54) is 6.26 Å². The van der Waals surface area contributed by atoms with E-state index in [4.69, 9.17) is 14.2 Å². The van der Waals surface area contributed by atoms with Crippen LogP contribution in [-0.2, 0) is 14.3 Å². The van der Waals surface area contributed by atoms with Crippen LogP contribution >= 0.6 is 0 Å². The van der Waals surface area contributed by atoms with Gasteiger partial charge >= 0.3 is 5.97 Å². The SMILES string of the molecule is COc1ccc(C2CNC(=O)C2)cc1OCC(O)CN1CCN(C2(C(=O)O)CC=CO2)CC1. The van der Waals surface area contributed by atoms with Crippen molar-refractivity contribution in [3.05, 3.63) is 36.1 Å². The number of rotatable bonds is 9. The fourth-order valence-electron chi connectivity index (χ4n) is 4.62. The predicted molar refractivity (Wildman–Crippen MR) is 118 cm³/mol. The zero-order chi connectivity index (χ0) is 23.4. The van der Waals surface area contributed by atoms with Crippen LogP contribution in [0.25, 0.3) is 0 Å². The van der Waals surface area contributed by atoms with Gasteiger partial charge < -0.3 is 29.7 Å². The van der Waals surface area contributed by atoms with Crippen molar-refractivity contribution < 1.29 is 34.0 Å². The molecule has 3 aliphatic heterocycles. The Bertz CT molecular complexity index is 890. The number of aliphatic hydroxyl groups excluding tert-OH is 1. The number of hydrogen-bond donors (Lipinski definition) is 3. The summed E-state index contributed by atoms with van der Waals surface area (Å²) >= 11 is 0. The van der Waals surface area contributed by atoms with Gasteiger partial charge in [-0.1, -0.05) is 6.07 Å². The van der Waals surface area contributed by atoms with Gasteiger partial charge in [0.25, 0.3) is 5.72 Å². The van der Waals surface area contributed by atoms with E-state index in [9.17, 15) is 19.8 Å². The molecule has 1 aromatic rings. The molecule has 1 aromatic carbocycles. The van der Waals surface area contributed by atoms with E-state index in [-0.39, 0.29) is 18.4 Å². The number of carboxylic acid groups (broad SMARTS) is 1. The van der Waals surface area contributed by atoms with Crippen LogP contribution in [-0.4, -0.2) is 96.7 Å². The maximum atomic E-state index is 11.8. The van der Waals surface area contributed by atoms with Gasteiger partial charge in [0, 0.05) is 58.0 Å². The molecule has 0 spiro atoms. The lowest BCUT2D eigenvalue weighted by atomic mass is 9.98. The number of carbonyl (C=O) groups excluding carboxylic acids is 1. The van der Waals surface area contributed by atoms with Crippen LogP contribution in [0, 0.1) is 0 Å². The molecule has 0 radical (unpaired) electrons. The standard InChI is InChI=1S/C23H31N3O7/c1-31-19-4-3-16(17-12-21(28)24-13-17)11-20(19)32-15-18(27)14-25-6-8-26(9-7-25)23(22(29)30)5-2-10-33-23/h2-4,10-11,17-18,27H,5-9,12-15H2,1H3,(H,24,28)(H,29,30). The summed E-state index contributed by atoms with van der Waals surface area (Å²) in [6.45, 7) is 3.42. The predicted octanol–water partition coefficient (Wildman–Crippen LogP) is 0.371. The van der Waals surface area contributed by atoms with E-state index in [0.717, 1.165) is 5.56 Å². The van der Waals surface area contributed by atoms with E-state index in [2.05, 4.69) is 10.2 Å². The molecule has 10 heteroatoms. The number of aliphatic hydroxyl groups is 1. The Labute approximate surface area is 192 Å². The first-order chi connectivity index (χ1) is 15.9. The van der Waals surface area contributed by atoms with Crippen molar-refractivity contribution in [1.82, 2.24) is 15.1 Å². The molecule has 3 unspecified atom stereocenters. The molecule has 3 heterocycles. The number of amides is 1. The number of nitrogens with one attached hydrogen (secondary N) is 1. The van der Waals surface area contributed by atoms with Crippen LogP contribution < -0.4 is 14.8 Å². The lowest BCUT2D eigenvalue weighted by Gasteiger charge is -2.42. The van der Waals surface area contributed by atoms with E-state index < -0.39 is 17.8 Å². The van der Waals surface area contributed by atoms with Crippen molar-refractivity contribution >= 4 is 11.9 Å². The number of β-amino-alcohol motifs (C(OH)–C–C–N with tert-alkyl or cyclic N) is 1. The summed E-state index contributed by atoms with van der Waals surface area (Å²) in [5.74, 6) is 0.260. The van der Waals surface area contributed by atoms with Gasteiger partial charge in [0.2, 0.25) is 5.91 Å². The maximum Gasteiger partial charge on any atom is 0.364 e. The molecule has 3 atom stereocenters. The minimum absolute atomic E-state index is 0.0406. The Morgan fingerprint density at radius 3 is 2.70 bits per heavy atom. The zero-order valence-electron chi connectivity index (χ0n) is 18.7. The number of piperazine rings is 1. The van der Waals surface area contributed by atoms with Gasteiger partial charge in [0.1, 0.15) is 12.7 Å². The molecule has 2 saturated heterocycles. The van der Waals surface area contributed by atoms with Gasteiger partial charge in [-0.15, -0.1) is 0 Å². The molecule has 4 rings (SSSR count). The molecule has 180 valence electrons. The third-order valence-electron chi connectivity index (χ3n) is 6.51. The summed E-state index contributed by atoms with van der Waals surface area (Å²) in [6.07, 6.45) is 3.23. The average Bonchev–Trinajstić information content (AvgIpc) is 3.48. The van der Waals surface area contributed by atoms with Gasteiger partial charge in [-0.05, 0) is 23.8 Å². The second kappa shape index (κ2) is 9.98. The number of nitrogens with zero attached hydrogens (tertiary/aromatic N) is 2. The number of hydrogen-bond acceptors (Lipinski definition) is 8. The highest BCUT2D eigenvalue weighted by atomic mass is 16.5. The van der Waals surface area contributed by atoms with Crippen LogP contribution in [0.5, 0.6) is 11.5 Å². The molecule has 0 bridgehead atoms. The van der Waals surface area contributed by atoms with Crippen LogP contribution in [0.1, 0.15) is 24.3 Å². The molecule has 2 fully saturated rings. The number of aliphatic carboxylic acids is 1. The summed E-state index contributed by atoms with van der Waals surface area (Å²) in [4.78, 5) is 27.2.